The lowest BCUT2D eigenvalue weighted by Crippen LogP contribution is -2.22. The second-order valence-electron chi connectivity index (χ2n) is 4.77. The third-order valence-corrected chi connectivity index (χ3v) is 7.50. The summed E-state index contributed by atoms with van der Waals surface area (Å²) in [5.41, 5.74) is 1.74. The van der Waals surface area contributed by atoms with Gasteiger partial charge in [-0.25, -0.2) is 13.1 Å². The van der Waals surface area contributed by atoms with E-state index in [0.717, 1.165) is 29.1 Å². The van der Waals surface area contributed by atoms with Crippen LogP contribution in [0.2, 0.25) is 0 Å². The van der Waals surface area contributed by atoms with Gasteiger partial charge >= 0.3 is 4.87 Å². The van der Waals surface area contributed by atoms with Gasteiger partial charge < -0.3 is 4.98 Å². The molecule has 0 aliphatic heterocycles. The Morgan fingerprint density at radius 2 is 2.15 bits per heavy atom. The normalized spacial score (nSPS) is 14.7. The van der Waals surface area contributed by atoms with Gasteiger partial charge in [-0.2, -0.15) is 0 Å². The number of aromatic amines is 1. The highest BCUT2D eigenvalue weighted by molar-refractivity contribution is 7.91. The van der Waals surface area contributed by atoms with E-state index in [9.17, 15) is 13.2 Å². The topological polar surface area (TPSA) is 79.0 Å². The monoisotopic (exact) mass is 330 g/mol. The first-order valence-electron chi connectivity index (χ1n) is 6.25. The summed E-state index contributed by atoms with van der Waals surface area (Å²) in [6.45, 7) is 1.87. The maximum absolute atomic E-state index is 12.2. The molecule has 2 aromatic rings. The fourth-order valence-corrected chi connectivity index (χ4v) is 6.00. The maximum Gasteiger partial charge on any atom is 0.305 e. The summed E-state index contributed by atoms with van der Waals surface area (Å²) in [6.07, 6.45) is 3.39. The van der Waals surface area contributed by atoms with Gasteiger partial charge in [0.25, 0.3) is 10.0 Å². The van der Waals surface area contributed by atoms with Crippen molar-refractivity contribution in [1.29, 1.82) is 0 Å². The van der Waals surface area contributed by atoms with Crippen LogP contribution >= 0.6 is 22.7 Å². The van der Waals surface area contributed by atoms with E-state index < -0.39 is 10.0 Å². The summed E-state index contributed by atoms with van der Waals surface area (Å²) in [5, 5.41) is 0. The molecule has 0 saturated carbocycles. The SMILES string of the molecule is Cc1[nH]c(=O)sc1S(=O)(=O)NCc1cc2c(s1)CCC2. The van der Waals surface area contributed by atoms with Gasteiger partial charge in [-0.05, 0) is 37.8 Å². The lowest BCUT2D eigenvalue weighted by Gasteiger charge is -2.03. The van der Waals surface area contributed by atoms with Crippen LogP contribution in [0, 0.1) is 6.92 Å². The Labute approximate surface area is 124 Å². The molecule has 8 heteroatoms. The molecule has 0 saturated heterocycles. The Kier molecular flexibility index (Phi) is 3.57. The number of thiazole rings is 1. The van der Waals surface area contributed by atoms with Gasteiger partial charge in [-0.15, -0.1) is 11.3 Å². The molecule has 2 N–H and O–H groups in total. The zero-order valence-corrected chi connectivity index (χ0v) is 13.3. The summed E-state index contributed by atoms with van der Waals surface area (Å²) in [7, 11) is -3.62. The highest BCUT2D eigenvalue weighted by atomic mass is 32.2. The molecule has 0 spiro atoms. The standard InChI is InChI=1S/C12H14N2O3S3/c1-7-11(19-12(15)14-7)20(16,17)13-6-9-5-8-3-2-4-10(8)18-9/h5,13H,2-4,6H2,1H3,(H,14,15). The van der Waals surface area contributed by atoms with Crippen LogP contribution in [0.5, 0.6) is 0 Å². The molecule has 0 unspecified atom stereocenters. The first kappa shape index (κ1) is 14.0. The number of hydrogen-bond acceptors (Lipinski definition) is 5. The van der Waals surface area contributed by atoms with E-state index in [2.05, 4.69) is 15.8 Å². The number of aromatic nitrogens is 1. The fraction of sp³-hybridized carbons (Fsp3) is 0.417. The van der Waals surface area contributed by atoms with Crippen molar-refractivity contribution in [3.05, 3.63) is 36.7 Å². The molecule has 5 nitrogen and oxygen atoms in total. The van der Waals surface area contributed by atoms with Crippen LogP contribution < -0.4 is 9.60 Å². The third-order valence-electron chi connectivity index (χ3n) is 3.26. The van der Waals surface area contributed by atoms with Crippen LogP contribution in [0.25, 0.3) is 0 Å². The van der Waals surface area contributed by atoms with E-state index in [1.807, 2.05) is 0 Å². The third kappa shape index (κ3) is 2.60. The molecule has 108 valence electrons. The number of fused-ring (bicyclic) bond motifs is 1. The maximum atomic E-state index is 12.2. The van der Waals surface area contributed by atoms with Crippen LogP contribution in [0.1, 0.15) is 27.4 Å². The minimum Gasteiger partial charge on any atom is -0.315 e. The molecule has 0 radical (unpaired) electrons. The van der Waals surface area contributed by atoms with E-state index in [1.54, 1.807) is 18.3 Å². The molecule has 3 rings (SSSR count). The first-order valence-corrected chi connectivity index (χ1v) is 9.37. The van der Waals surface area contributed by atoms with E-state index in [4.69, 9.17) is 0 Å². The van der Waals surface area contributed by atoms with Gasteiger partial charge in [0, 0.05) is 22.0 Å². The van der Waals surface area contributed by atoms with Crippen molar-refractivity contribution < 1.29 is 8.42 Å². The molecule has 20 heavy (non-hydrogen) atoms. The Morgan fingerprint density at radius 1 is 1.35 bits per heavy atom. The average molecular weight is 330 g/mol. The number of sulfonamides is 1. The van der Waals surface area contributed by atoms with Crippen molar-refractivity contribution in [2.45, 2.75) is 36.9 Å². The molecular weight excluding hydrogens is 316 g/mol. The van der Waals surface area contributed by atoms with Crippen LogP contribution in [-0.2, 0) is 29.4 Å². The molecule has 1 aliphatic carbocycles. The van der Waals surface area contributed by atoms with Gasteiger partial charge in [0.2, 0.25) is 0 Å². The minimum absolute atomic E-state index is 0.0756. The lowest BCUT2D eigenvalue weighted by atomic mass is 10.2. The highest BCUT2D eigenvalue weighted by Crippen LogP contribution is 2.30. The summed E-state index contributed by atoms with van der Waals surface area (Å²) >= 11 is 2.40. The molecule has 2 aromatic heterocycles. The van der Waals surface area contributed by atoms with E-state index in [0.29, 0.717) is 5.69 Å². The zero-order valence-electron chi connectivity index (χ0n) is 10.9. The van der Waals surface area contributed by atoms with E-state index in [1.165, 1.54) is 16.9 Å². The van der Waals surface area contributed by atoms with Crippen molar-refractivity contribution in [3.8, 4) is 0 Å². The molecule has 0 amide bonds. The Bertz CT molecular complexity index is 777. The van der Waals surface area contributed by atoms with Crippen LogP contribution in [0.4, 0.5) is 0 Å². The molecule has 0 fully saturated rings. The van der Waals surface area contributed by atoms with Gasteiger partial charge in [0.1, 0.15) is 0 Å². The average Bonchev–Trinajstić information content (AvgIpc) is 3.00. The van der Waals surface area contributed by atoms with Gasteiger partial charge in [-0.1, -0.05) is 11.3 Å². The Morgan fingerprint density at radius 3 is 2.80 bits per heavy atom. The predicted molar refractivity (Wildman–Crippen MR) is 80.0 cm³/mol. The zero-order chi connectivity index (χ0) is 14.3. The quantitative estimate of drug-likeness (QED) is 0.897. The number of aryl methyl sites for hydroxylation is 3. The summed E-state index contributed by atoms with van der Waals surface area (Å²) in [4.78, 5) is 15.7. The highest BCUT2D eigenvalue weighted by Gasteiger charge is 2.21. The lowest BCUT2D eigenvalue weighted by molar-refractivity contribution is 0.583. The van der Waals surface area contributed by atoms with Crippen molar-refractivity contribution >= 4 is 32.7 Å². The smallest absolute Gasteiger partial charge is 0.305 e. The minimum atomic E-state index is -3.62. The molecule has 1 aliphatic rings. The molecule has 0 atom stereocenters. The van der Waals surface area contributed by atoms with E-state index in [-0.39, 0.29) is 15.6 Å². The first-order chi connectivity index (χ1) is 9.45. The van der Waals surface area contributed by atoms with Crippen molar-refractivity contribution in [3.63, 3.8) is 0 Å². The molecule has 0 aromatic carbocycles. The molecular formula is C12H14N2O3S3. The number of rotatable bonds is 4. The van der Waals surface area contributed by atoms with Crippen molar-refractivity contribution in [2.75, 3.05) is 0 Å². The largest absolute Gasteiger partial charge is 0.315 e. The molecule has 0 bridgehead atoms. The van der Waals surface area contributed by atoms with Gasteiger partial charge in [-0.3, -0.25) is 4.79 Å². The van der Waals surface area contributed by atoms with Crippen LogP contribution in [0.3, 0.4) is 0 Å². The van der Waals surface area contributed by atoms with Crippen molar-refractivity contribution in [1.82, 2.24) is 9.71 Å². The van der Waals surface area contributed by atoms with Crippen LogP contribution in [-0.4, -0.2) is 13.4 Å². The Hall–Kier alpha value is -0.960. The van der Waals surface area contributed by atoms with Crippen molar-refractivity contribution in [2.24, 2.45) is 0 Å². The number of nitrogens with one attached hydrogen (secondary N) is 2. The number of thiophene rings is 1. The number of hydrogen-bond donors (Lipinski definition) is 2. The second kappa shape index (κ2) is 5.10. The summed E-state index contributed by atoms with van der Waals surface area (Å²) in [6, 6.07) is 2.09. The van der Waals surface area contributed by atoms with E-state index >= 15 is 0 Å². The number of H-pyrrole nitrogens is 1. The predicted octanol–water partition coefficient (Wildman–Crippen LogP) is 1.77. The van der Waals surface area contributed by atoms with Gasteiger partial charge in [0.05, 0.1) is 0 Å². The Balaban J connectivity index is 1.76. The fourth-order valence-electron chi connectivity index (χ4n) is 2.36. The van der Waals surface area contributed by atoms with Crippen LogP contribution in [0.15, 0.2) is 15.1 Å². The summed E-state index contributed by atoms with van der Waals surface area (Å²) in [5.74, 6) is 0. The summed E-state index contributed by atoms with van der Waals surface area (Å²) < 4.78 is 27.0. The van der Waals surface area contributed by atoms with Gasteiger partial charge in [0.15, 0.2) is 4.21 Å². The molecule has 2 heterocycles. The second-order valence-corrected chi connectivity index (χ2v) is 8.93.